The summed E-state index contributed by atoms with van der Waals surface area (Å²) in [4.78, 5) is 18.7. The number of thiazole rings is 1. The predicted octanol–water partition coefficient (Wildman–Crippen LogP) is 2.93. The molecule has 6 heteroatoms. The zero-order valence-electron chi connectivity index (χ0n) is 11.7. The number of hydrogen-bond donors (Lipinski definition) is 1. The Kier molecular flexibility index (Phi) is 5.10. The van der Waals surface area contributed by atoms with Gasteiger partial charge in [0.2, 0.25) is 0 Å². The van der Waals surface area contributed by atoms with Crippen LogP contribution in [0.4, 0.5) is 5.13 Å². The topological polar surface area (TPSA) is 45.2 Å². The molecule has 0 spiro atoms. The molecule has 1 saturated carbocycles. The van der Waals surface area contributed by atoms with E-state index < -0.39 is 0 Å². The highest BCUT2D eigenvalue weighted by Crippen LogP contribution is 2.32. The number of amides is 1. The van der Waals surface area contributed by atoms with Gasteiger partial charge in [-0.3, -0.25) is 4.79 Å². The molecule has 1 aromatic rings. The molecule has 0 radical (unpaired) electrons. The number of nitrogens with one attached hydrogen (secondary N) is 1. The van der Waals surface area contributed by atoms with Crippen LogP contribution in [0.15, 0.2) is 5.38 Å². The van der Waals surface area contributed by atoms with Crippen molar-refractivity contribution >= 4 is 34.1 Å². The maximum absolute atomic E-state index is 12.4. The van der Waals surface area contributed by atoms with Crippen LogP contribution < -0.4 is 5.32 Å². The third-order valence-corrected chi connectivity index (χ3v) is 5.54. The number of anilines is 1. The molecule has 1 amide bonds. The van der Waals surface area contributed by atoms with Crippen LogP contribution >= 0.6 is 23.1 Å². The molecule has 106 valence electrons. The molecular formula is C13H21N3OS2. The molecule has 0 unspecified atom stereocenters. The maximum Gasteiger partial charge on any atom is 0.273 e. The monoisotopic (exact) mass is 299 g/mol. The Labute approximate surface area is 123 Å². The lowest BCUT2D eigenvalue weighted by molar-refractivity contribution is 0.0733. The van der Waals surface area contributed by atoms with Crippen molar-refractivity contribution < 1.29 is 4.79 Å². The quantitative estimate of drug-likeness (QED) is 0.908. The van der Waals surface area contributed by atoms with Crippen LogP contribution in [0, 0.1) is 0 Å². The molecular weight excluding hydrogens is 278 g/mol. The second-order valence-corrected chi connectivity index (χ2v) is 6.69. The van der Waals surface area contributed by atoms with Gasteiger partial charge in [-0.15, -0.1) is 11.3 Å². The van der Waals surface area contributed by atoms with Crippen LogP contribution in [0.1, 0.15) is 36.7 Å². The van der Waals surface area contributed by atoms with E-state index in [0.717, 1.165) is 18.1 Å². The fourth-order valence-electron chi connectivity index (χ4n) is 2.56. The molecule has 19 heavy (non-hydrogen) atoms. The molecule has 2 atom stereocenters. The number of rotatable bonds is 5. The smallest absolute Gasteiger partial charge is 0.273 e. The molecule has 1 aliphatic rings. The molecule has 0 bridgehead atoms. The number of aromatic nitrogens is 1. The first-order valence-electron chi connectivity index (χ1n) is 6.66. The molecule has 1 aromatic heterocycles. The first kappa shape index (κ1) is 14.7. The number of nitrogens with zero attached hydrogens (tertiary/aromatic N) is 2. The van der Waals surface area contributed by atoms with E-state index >= 15 is 0 Å². The molecule has 1 fully saturated rings. The van der Waals surface area contributed by atoms with Crippen molar-refractivity contribution in [1.82, 2.24) is 9.88 Å². The average molecular weight is 299 g/mol. The Morgan fingerprint density at radius 1 is 1.63 bits per heavy atom. The second-order valence-electron chi connectivity index (χ2n) is 4.76. The molecule has 1 aliphatic carbocycles. The Bertz CT molecular complexity index is 435. The lowest BCUT2D eigenvalue weighted by atomic mass is 10.2. The summed E-state index contributed by atoms with van der Waals surface area (Å²) in [6.45, 7) is 2.85. The highest BCUT2D eigenvalue weighted by Gasteiger charge is 2.33. The summed E-state index contributed by atoms with van der Waals surface area (Å²) in [6, 6.07) is 0.354. The Hall–Kier alpha value is -0.750. The van der Waals surface area contributed by atoms with Crippen molar-refractivity contribution in [2.75, 3.05) is 25.2 Å². The maximum atomic E-state index is 12.4. The van der Waals surface area contributed by atoms with E-state index in [4.69, 9.17) is 0 Å². The minimum absolute atomic E-state index is 0.0475. The van der Waals surface area contributed by atoms with Gasteiger partial charge in [-0.05, 0) is 26.0 Å². The summed E-state index contributed by atoms with van der Waals surface area (Å²) in [5, 5.41) is 6.39. The summed E-state index contributed by atoms with van der Waals surface area (Å²) >= 11 is 3.36. The van der Waals surface area contributed by atoms with Crippen molar-refractivity contribution in [2.24, 2.45) is 0 Å². The van der Waals surface area contributed by atoms with Gasteiger partial charge in [0.1, 0.15) is 5.69 Å². The van der Waals surface area contributed by atoms with E-state index in [9.17, 15) is 4.79 Å². The Morgan fingerprint density at radius 3 is 3.11 bits per heavy atom. The summed E-state index contributed by atoms with van der Waals surface area (Å²) in [7, 11) is 1.91. The highest BCUT2D eigenvalue weighted by molar-refractivity contribution is 7.99. The SMILES string of the molecule is CCNc1nc(C(=O)N(C)[C@H]2CCC[C@@H]2SC)cs1. The van der Waals surface area contributed by atoms with E-state index in [-0.39, 0.29) is 5.91 Å². The van der Waals surface area contributed by atoms with Gasteiger partial charge in [-0.2, -0.15) is 11.8 Å². The molecule has 1 N–H and O–H groups in total. The van der Waals surface area contributed by atoms with Crippen LogP contribution in [-0.4, -0.2) is 46.9 Å². The zero-order chi connectivity index (χ0) is 13.8. The van der Waals surface area contributed by atoms with E-state index in [1.165, 1.54) is 24.2 Å². The van der Waals surface area contributed by atoms with Crippen LogP contribution in [0.3, 0.4) is 0 Å². The van der Waals surface area contributed by atoms with Gasteiger partial charge in [0.25, 0.3) is 5.91 Å². The summed E-state index contributed by atoms with van der Waals surface area (Å²) < 4.78 is 0. The van der Waals surface area contributed by atoms with Gasteiger partial charge in [-0.1, -0.05) is 6.42 Å². The van der Waals surface area contributed by atoms with Crippen molar-refractivity contribution in [2.45, 2.75) is 37.5 Å². The predicted molar refractivity (Wildman–Crippen MR) is 83.3 cm³/mol. The summed E-state index contributed by atoms with van der Waals surface area (Å²) in [5.41, 5.74) is 0.565. The molecule has 1 heterocycles. The first-order valence-corrected chi connectivity index (χ1v) is 8.83. The van der Waals surface area contributed by atoms with E-state index in [1.54, 1.807) is 0 Å². The van der Waals surface area contributed by atoms with Crippen molar-refractivity contribution in [3.63, 3.8) is 0 Å². The molecule has 2 rings (SSSR count). The third-order valence-electron chi connectivity index (χ3n) is 3.59. The number of thioether (sulfide) groups is 1. The van der Waals surface area contributed by atoms with E-state index in [1.807, 2.05) is 36.0 Å². The normalized spacial score (nSPS) is 22.5. The Balaban J connectivity index is 2.05. The van der Waals surface area contributed by atoms with Gasteiger partial charge >= 0.3 is 0 Å². The molecule has 0 aliphatic heterocycles. The minimum atomic E-state index is 0.0475. The standard InChI is InChI=1S/C13H21N3OS2/c1-4-14-13-15-9(8-19-13)12(17)16(2)10-6-5-7-11(10)18-3/h8,10-11H,4-7H2,1-3H3,(H,14,15)/t10-,11-/m0/s1. The van der Waals surface area contributed by atoms with Gasteiger partial charge < -0.3 is 10.2 Å². The largest absolute Gasteiger partial charge is 0.362 e. The van der Waals surface area contributed by atoms with Gasteiger partial charge in [0, 0.05) is 30.3 Å². The first-order chi connectivity index (χ1) is 9.17. The zero-order valence-corrected chi connectivity index (χ0v) is 13.3. The minimum Gasteiger partial charge on any atom is -0.362 e. The molecule has 0 saturated heterocycles. The molecule has 4 nitrogen and oxygen atoms in total. The molecule has 0 aromatic carbocycles. The van der Waals surface area contributed by atoms with Gasteiger partial charge in [0.05, 0.1) is 0 Å². The van der Waals surface area contributed by atoms with Crippen LogP contribution in [0.25, 0.3) is 0 Å². The average Bonchev–Trinajstić information content (AvgIpc) is 3.05. The van der Waals surface area contributed by atoms with Crippen molar-refractivity contribution in [3.8, 4) is 0 Å². The summed E-state index contributed by atoms with van der Waals surface area (Å²) in [6.07, 6.45) is 5.67. The van der Waals surface area contributed by atoms with Gasteiger partial charge in [-0.25, -0.2) is 4.98 Å². The second kappa shape index (κ2) is 6.61. The fourth-order valence-corrected chi connectivity index (χ4v) is 4.35. The summed E-state index contributed by atoms with van der Waals surface area (Å²) in [5.74, 6) is 0.0475. The fraction of sp³-hybridized carbons (Fsp3) is 0.692. The lowest BCUT2D eigenvalue weighted by Crippen LogP contribution is -2.40. The lowest BCUT2D eigenvalue weighted by Gasteiger charge is -2.28. The highest BCUT2D eigenvalue weighted by atomic mass is 32.2. The number of carbonyl (C=O) groups excluding carboxylic acids is 1. The van der Waals surface area contributed by atoms with Crippen LogP contribution in [0.2, 0.25) is 0 Å². The van der Waals surface area contributed by atoms with Crippen LogP contribution in [0.5, 0.6) is 0 Å². The number of hydrogen-bond acceptors (Lipinski definition) is 5. The van der Waals surface area contributed by atoms with E-state index in [2.05, 4.69) is 16.6 Å². The third kappa shape index (κ3) is 3.23. The van der Waals surface area contributed by atoms with Gasteiger partial charge in [0.15, 0.2) is 5.13 Å². The number of carbonyl (C=O) groups is 1. The van der Waals surface area contributed by atoms with Crippen molar-refractivity contribution in [1.29, 1.82) is 0 Å². The van der Waals surface area contributed by atoms with E-state index in [0.29, 0.717) is 17.0 Å². The Morgan fingerprint density at radius 2 is 2.42 bits per heavy atom. The van der Waals surface area contributed by atoms with Crippen LogP contribution in [-0.2, 0) is 0 Å². The van der Waals surface area contributed by atoms with Crippen molar-refractivity contribution in [3.05, 3.63) is 11.1 Å².